The van der Waals surface area contributed by atoms with Gasteiger partial charge in [-0.1, -0.05) is 32.4 Å². The molecule has 3 rings (SSSR count). The van der Waals surface area contributed by atoms with Gasteiger partial charge in [0, 0.05) is 16.9 Å². The van der Waals surface area contributed by atoms with Crippen LogP contribution in [-0.2, 0) is 13.1 Å². The van der Waals surface area contributed by atoms with Crippen molar-refractivity contribution >= 4 is 15.9 Å². The van der Waals surface area contributed by atoms with Gasteiger partial charge in [-0.25, -0.2) is 9.36 Å². The van der Waals surface area contributed by atoms with E-state index in [0.717, 1.165) is 15.6 Å². The van der Waals surface area contributed by atoms with Crippen molar-refractivity contribution < 1.29 is 0 Å². The second-order valence-electron chi connectivity index (χ2n) is 4.17. The second kappa shape index (κ2) is 5.31. The third kappa shape index (κ3) is 3.05. The van der Waals surface area contributed by atoms with E-state index in [4.69, 9.17) is 0 Å². The summed E-state index contributed by atoms with van der Waals surface area (Å²) in [7, 11) is 0. The highest BCUT2D eigenvalue weighted by atomic mass is 79.9. The summed E-state index contributed by atoms with van der Waals surface area (Å²) in [5.41, 5.74) is 2.32. The van der Waals surface area contributed by atoms with Crippen molar-refractivity contribution in [3.8, 4) is 0 Å². The van der Waals surface area contributed by atoms with E-state index < -0.39 is 0 Å². The minimum absolute atomic E-state index is 0.698. The van der Waals surface area contributed by atoms with Gasteiger partial charge >= 0.3 is 0 Å². The Morgan fingerprint density at radius 1 is 0.842 bits per heavy atom. The van der Waals surface area contributed by atoms with Gasteiger partial charge in [0.15, 0.2) is 0 Å². The predicted molar refractivity (Wildman–Crippen MR) is 72.4 cm³/mol. The lowest BCUT2D eigenvalue weighted by Gasteiger charge is -2.07. The molecule has 19 heavy (non-hydrogen) atoms. The van der Waals surface area contributed by atoms with Crippen molar-refractivity contribution in [1.29, 1.82) is 0 Å². The number of rotatable bonds is 4. The molecule has 2 aromatic heterocycles. The Morgan fingerprint density at radius 3 is 1.79 bits per heavy atom. The zero-order valence-electron chi connectivity index (χ0n) is 10.0. The third-order valence-corrected chi connectivity index (χ3v) is 3.11. The molecule has 0 N–H and O–H groups in total. The van der Waals surface area contributed by atoms with Gasteiger partial charge in [0.1, 0.15) is 0 Å². The van der Waals surface area contributed by atoms with E-state index in [1.54, 1.807) is 21.8 Å². The van der Waals surface area contributed by atoms with Crippen LogP contribution in [0.25, 0.3) is 0 Å². The fourth-order valence-corrected chi connectivity index (χ4v) is 2.50. The fraction of sp³-hybridized carbons (Fsp3) is 0.167. The molecule has 0 fully saturated rings. The lowest BCUT2D eigenvalue weighted by molar-refractivity contribution is 0.639. The largest absolute Gasteiger partial charge is 0.248 e. The highest BCUT2D eigenvalue weighted by Crippen LogP contribution is 2.17. The van der Waals surface area contributed by atoms with Gasteiger partial charge in [-0.3, -0.25) is 0 Å². The van der Waals surface area contributed by atoms with E-state index in [0.29, 0.717) is 13.1 Å². The van der Waals surface area contributed by atoms with Crippen LogP contribution >= 0.6 is 15.9 Å². The van der Waals surface area contributed by atoms with Gasteiger partial charge < -0.3 is 0 Å². The van der Waals surface area contributed by atoms with Crippen LogP contribution in [0, 0.1) is 0 Å². The zero-order chi connectivity index (χ0) is 13.1. The molecule has 0 aliphatic carbocycles. The van der Waals surface area contributed by atoms with Crippen LogP contribution < -0.4 is 0 Å². The monoisotopic (exact) mass is 318 g/mol. The molecule has 2 heterocycles. The van der Waals surface area contributed by atoms with Crippen molar-refractivity contribution in [3.63, 3.8) is 0 Å². The van der Waals surface area contributed by atoms with E-state index in [1.165, 1.54) is 0 Å². The standard InChI is InChI=1S/C12H11BrN6/c13-12-6-10(8-18-3-1-14-16-18)5-11(7-12)9-19-4-2-15-17-19/h1-7H,8-9H2. The first-order valence-electron chi connectivity index (χ1n) is 5.76. The highest BCUT2D eigenvalue weighted by molar-refractivity contribution is 9.10. The highest BCUT2D eigenvalue weighted by Gasteiger charge is 2.03. The van der Waals surface area contributed by atoms with Gasteiger partial charge in [0.05, 0.1) is 25.5 Å². The summed E-state index contributed by atoms with van der Waals surface area (Å²) >= 11 is 3.53. The summed E-state index contributed by atoms with van der Waals surface area (Å²) in [6.07, 6.45) is 7.04. The first-order valence-corrected chi connectivity index (χ1v) is 6.55. The maximum Gasteiger partial charge on any atom is 0.0693 e. The van der Waals surface area contributed by atoms with Gasteiger partial charge in [0.25, 0.3) is 0 Å². The molecule has 0 saturated heterocycles. The number of aromatic nitrogens is 6. The van der Waals surface area contributed by atoms with Crippen LogP contribution in [0.3, 0.4) is 0 Å². The van der Waals surface area contributed by atoms with E-state index in [-0.39, 0.29) is 0 Å². The normalized spacial score (nSPS) is 10.8. The Balaban J connectivity index is 1.83. The molecule has 0 unspecified atom stereocenters. The Kier molecular flexibility index (Phi) is 3.37. The molecule has 0 bridgehead atoms. The van der Waals surface area contributed by atoms with Crippen molar-refractivity contribution in [1.82, 2.24) is 30.0 Å². The van der Waals surface area contributed by atoms with Crippen molar-refractivity contribution in [3.05, 3.63) is 58.6 Å². The summed E-state index contributed by atoms with van der Waals surface area (Å²) in [5, 5.41) is 15.5. The van der Waals surface area contributed by atoms with Crippen LogP contribution in [-0.4, -0.2) is 30.0 Å². The topological polar surface area (TPSA) is 61.4 Å². The summed E-state index contributed by atoms with van der Waals surface area (Å²) < 4.78 is 4.63. The molecule has 1 aromatic carbocycles. The minimum Gasteiger partial charge on any atom is -0.248 e. The molecule has 0 radical (unpaired) electrons. The van der Waals surface area contributed by atoms with E-state index >= 15 is 0 Å². The average molecular weight is 319 g/mol. The number of nitrogens with zero attached hydrogens (tertiary/aromatic N) is 6. The van der Waals surface area contributed by atoms with E-state index in [2.05, 4.69) is 54.8 Å². The molecule has 0 aliphatic rings. The maximum atomic E-state index is 3.97. The van der Waals surface area contributed by atoms with Crippen LogP contribution in [0.4, 0.5) is 0 Å². The van der Waals surface area contributed by atoms with Crippen molar-refractivity contribution in [2.75, 3.05) is 0 Å². The lowest BCUT2D eigenvalue weighted by Crippen LogP contribution is -2.04. The first kappa shape index (κ1) is 12.0. The lowest BCUT2D eigenvalue weighted by atomic mass is 10.1. The minimum atomic E-state index is 0.698. The molecule has 0 atom stereocenters. The number of benzene rings is 1. The maximum absolute atomic E-state index is 3.97. The van der Waals surface area contributed by atoms with Crippen molar-refractivity contribution in [2.24, 2.45) is 0 Å². The van der Waals surface area contributed by atoms with Crippen LogP contribution in [0.5, 0.6) is 0 Å². The molecular weight excluding hydrogens is 308 g/mol. The van der Waals surface area contributed by atoms with Crippen LogP contribution in [0.15, 0.2) is 47.5 Å². The molecule has 7 heteroatoms. The van der Waals surface area contributed by atoms with E-state index in [9.17, 15) is 0 Å². The Hall–Kier alpha value is -2.02. The third-order valence-electron chi connectivity index (χ3n) is 2.65. The quantitative estimate of drug-likeness (QED) is 0.735. The van der Waals surface area contributed by atoms with Gasteiger partial charge in [-0.05, 0) is 23.3 Å². The predicted octanol–water partition coefficient (Wildman–Crippen LogP) is 1.73. The summed E-state index contributed by atoms with van der Waals surface area (Å²) in [5.74, 6) is 0. The molecule has 0 aliphatic heterocycles. The zero-order valence-corrected chi connectivity index (χ0v) is 11.6. The number of hydrogen-bond donors (Lipinski definition) is 0. The SMILES string of the molecule is Brc1cc(Cn2ccnn2)cc(Cn2ccnn2)c1. The molecule has 0 amide bonds. The fourth-order valence-electron chi connectivity index (χ4n) is 1.91. The summed E-state index contributed by atoms with van der Waals surface area (Å²) in [4.78, 5) is 0. The number of halogens is 1. The average Bonchev–Trinajstić information content (AvgIpc) is 3.01. The summed E-state index contributed by atoms with van der Waals surface area (Å²) in [6, 6.07) is 6.28. The van der Waals surface area contributed by atoms with Crippen LogP contribution in [0.1, 0.15) is 11.1 Å². The van der Waals surface area contributed by atoms with Gasteiger partial charge in [-0.15, -0.1) is 10.2 Å². The van der Waals surface area contributed by atoms with E-state index in [1.807, 2.05) is 12.4 Å². The molecule has 6 nitrogen and oxygen atoms in total. The smallest absolute Gasteiger partial charge is 0.0693 e. The van der Waals surface area contributed by atoms with Gasteiger partial charge in [-0.2, -0.15) is 0 Å². The molecule has 0 spiro atoms. The Morgan fingerprint density at radius 2 is 1.37 bits per heavy atom. The van der Waals surface area contributed by atoms with Crippen LogP contribution in [0.2, 0.25) is 0 Å². The molecule has 3 aromatic rings. The first-order chi connectivity index (χ1) is 9.29. The molecule has 0 saturated carbocycles. The van der Waals surface area contributed by atoms with Gasteiger partial charge in [0.2, 0.25) is 0 Å². The molecular formula is C12H11BrN6. The number of hydrogen-bond acceptors (Lipinski definition) is 4. The Bertz CT molecular complexity index is 592. The Labute approximate surface area is 118 Å². The second-order valence-corrected chi connectivity index (χ2v) is 5.08. The molecule has 96 valence electrons. The summed E-state index contributed by atoms with van der Waals surface area (Å²) in [6.45, 7) is 1.40. The van der Waals surface area contributed by atoms with Crippen molar-refractivity contribution in [2.45, 2.75) is 13.1 Å².